The van der Waals surface area contributed by atoms with Gasteiger partial charge in [-0.3, -0.25) is 0 Å². The van der Waals surface area contributed by atoms with Crippen molar-refractivity contribution >= 4 is 32.2 Å². The van der Waals surface area contributed by atoms with Crippen LogP contribution < -0.4 is 9.64 Å². The SMILES string of the molecule is CN1CC=C(c2cn(S(=O)(=O)c3ccc4c(c3)OCCN4C)c3ccc(-n4cccn4)cc23)CC1. The first-order valence-corrected chi connectivity index (χ1v) is 13.1. The Balaban J connectivity index is 1.52. The molecular weight excluding hydrogens is 462 g/mol. The molecule has 8 nitrogen and oxygen atoms in total. The molecule has 0 fully saturated rings. The standard InChI is InChI=1S/C26H27N5O3S/c1-28-12-8-19(9-13-28)23-18-31(24-6-4-20(16-22(23)24)30-11-3-10-27-30)35(32,33)21-5-7-25-26(17-21)34-15-14-29(25)2/h3-8,10-11,16-18H,9,12-15H2,1-2H3. The Morgan fingerprint density at radius 3 is 2.71 bits per heavy atom. The zero-order valence-corrected chi connectivity index (χ0v) is 20.6. The summed E-state index contributed by atoms with van der Waals surface area (Å²) in [5.74, 6) is 0.593. The fourth-order valence-electron chi connectivity index (χ4n) is 4.83. The van der Waals surface area contributed by atoms with Gasteiger partial charge in [0.15, 0.2) is 0 Å². The van der Waals surface area contributed by atoms with Gasteiger partial charge in [0, 0.05) is 55.7 Å². The highest BCUT2D eigenvalue weighted by molar-refractivity contribution is 7.90. The Morgan fingerprint density at radius 2 is 1.94 bits per heavy atom. The number of aromatic nitrogens is 3. The molecule has 35 heavy (non-hydrogen) atoms. The first kappa shape index (κ1) is 21.9. The Hall–Kier alpha value is -3.56. The molecule has 9 heteroatoms. The van der Waals surface area contributed by atoms with Crippen molar-refractivity contribution in [1.82, 2.24) is 18.7 Å². The maximum Gasteiger partial charge on any atom is 0.268 e. The van der Waals surface area contributed by atoms with Crippen LogP contribution in [0, 0.1) is 0 Å². The maximum atomic E-state index is 13.9. The highest BCUT2D eigenvalue weighted by atomic mass is 32.2. The van der Waals surface area contributed by atoms with Gasteiger partial charge in [0.1, 0.15) is 12.4 Å². The number of benzene rings is 2. The number of ether oxygens (including phenoxy) is 1. The summed E-state index contributed by atoms with van der Waals surface area (Å²) in [5.41, 5.74) is 4.53. The van der Waals surface area contributed by atoms with Gasteiger partial charge in [-0.05, 0) is 55.4 Å². The van der Waals surface area contributed by atoms with Crippen molar-refractivity contribution in [2.24, 2.45) is 0 Å². The fraction of sp³-hybridized carbons (Fsp3) is 0.269. The molecule has 0 spiro atoms. The Bertz CT molecular complexity index is 1550. The lowest BCUT2D eigenvalue weighted by atomic mass is 9.99. The number of fused-ring (bicyclic) bond motifs is 2. The molecule has 2 aliphatic heterocycles. The molecular formula is C26H27N5O3S. The Morgan fingerprint density at radius 1 is 1.06 bits per heavy atom. The van der Waals surface area contributed by atoms with Crippen LogP contribution in [0.15, 0.2) is 72.0 Å². The van der Waals surface area contributed by atoms with E-state index in [1.807, 2.05) is 43.6 Å². The molecule has 0 saturated carbocycles. The minimum Gasteiger partial charge on any atom is -0.490 e. The van der Waals surface area contributed by atoms with Crippen LogP contribution in [-0.4, -0.2) is 67.4 Å². The largest absolute Gasteiger partial charge is 0.490 e. The van der Waals surface area contributed by atoms with E-state index in [0.29, 0.717) is 17.9 Å². The summed E-state index contributed by atoms with van der Waals surface area (Å²) in [6.07, 6.45) is 8.44. The van der Waals surface area contributed by atoms with E-state index in [4.69, 9.17) is 4.74 Å². The molecule has 2 aromatic heterocycles. The molecule has 0 radical (unpaired) electrons. The number of hydrogen-bond acceptors (Lipinski definition) is 6. The number of likely N-dealkylation sites (N-methyl/N-ethyl adjacent to an activating group) is 2. The molecule has 4 aromatic rings. The van der Waals surface area contributed by atoms with Crippen LogP contribution in [0.5, 0.6) is 5.75 Å². The minimum absolute atomic E-state index is 0.212. The van der Waals surface area contributed by atoms with Gasteiger partial charge in [-0.1, -0.05) is 6.08 Å². The predicted molar refractivity (Wildman–Crippen MR) is 137 cm³/mol. The molecule has 2 aromatic carbocycles. The van der Waals surface area contributed by atoms with Gasteiger partial charge < -0.3 is 14.5 Å². The molecule has 0 unspecified atom stereocenters. The van der Waals surface area contributed by atoms with Crippen molar-refractivity contribution in [3.8, 4) is 11.4 Å². The topological polar surface area (TPSA) is 72.6 Å². The van der Waals surface area contributed by atoms with E-state index in [1.54, 1.807) is 29.2 Å². The average Bonchev–Trinajstić information content (AvgIpc) is 3.53. The van der Waals surface area contributed by atoms with E-state index >= 15 is 0 Å². The average molecular weight is 490 g/mol. The number of anilines is 1. The van der Waals surface area contributed by atoms with Gasteiger partial charge in [0.25, 0.3) is 10.0 Å². The normalized spacial score (nSPS) is 16.7. The first-order valence-electron chi connectivity index (χ1n) is 11.7. The van der Waals surface area contributed by atoms with Gasteiger partial charge in [0.05, 0.1) is 28.3 Å². The lowest BCUT2D eigenvalue weighted by Gasteiger charge is -2.27. The Kier molecular flexibility index (Phi) is 5.19. The van der Waals surface area contributed by atoms with E-state index < -0.39 is 10.0 Å². The second-order valence-corrected chi connectivity index (χ2v) is 11.0. The number of rotatable bonds is 4. The summed E-state index contributed by atoms with van der Waals surface area (Å²) in [6.45, 7) is 3.07. The lowest BCUT2D eigenvalue weighted by Crippen LogP contribution is -2.29. The molecule has 0 atom stereocenters. The van der Waals surface area contributed by atoms with Crippen LogP contribution in [0.4, 0.5) is 5.69 Å². The molecule has 0 amide bonds. The van der Waals surface area contributed by atoms with Crippen LogP contribution in [0.1, 0.15) is 12.0 Å². The molecule has 2 aliphatic rings. The van der Waals surface area contributed by atoms with Gasteiger partial charge in [-0.2, -0.15) is 5.10 Å². The second kappa shape index (κ2) is 8.28. The summed E-state index contributed by atoms with van der Waals surface area (Å²) < 4.78 is 36.8. The van der Waals surface area contributed by atoms with Crippen molar-refractivity contribution in [2.75, 3.05) is 45.2 Å². The van der Waals surface area contributed by atoms with Crippen LogP contribution in [0.25, 0.3) is 22.2 Å². The summed E-state index contributed by atoms with van der Waals surface area (Å²) in [4.78, 5) is 4.53. The molecule has 0 aliphatic carbocycles. The molecule has 180 valence electrons. The van der Waals surface area contributed by atoms with Crippen molar-refractivity contribution in [3.05, 3.63) is 72.7 Å². The summed E-state index contributed by atoms with van der Waals surface area (Å²) >= 11 is 0. The highest BCUT2D eigenvalue weighted by Crippen LogP contribution is 2.37. The zero-order valence-electron chi connectivity index (χ0n) is 19.8. The quantitative estimate of drug-likeness (QED) is 0.436. The third-order valence-electron chi connectivity index (χ3n) is 6.86. The maximum absolute atomic E-state index is 13.9. The van der Waals surface area contributed by atoms with Gasteiger partial charge in [-0.15, -0.1) is 0 Å². The smallest absolute Gasteiger partial charge is 0.268 e. The van der Waals surface area contributed by atoms with Crippen molar-refractivity contribution in [1.29, 1.82) is 0 Å². The van der Waals surface area contributed by atoms with Crippen molar-refractivity contribution < 1.29 is 13.2 Å². The first-order chi connectivity index (χ1) is 16.9. The molecule has 0 saturated heterocycles. The van der Waals surface area contributed by atoms with E-state index in [0.717, 1.165) is 54.0 Å². The van der Waals surface area contributed by atoms with E-state index in [-0.39, 0.29) is 4.90 Å². The van der Waals surface area contributed by atoms with Gasteiger partial charge in [0.2, 0.25) is 0 Å². The molecule has 6 rings (SSSR count). The van der Waals surface area contributed by atoms with Crippen LogP contribution in [-0.2, 0) is 10.0 Å². The second-order valence-electron chi connectivity index (χ2n) is 9.14. The zero-order chi connectivity index (χ0) is 24.2. The fourth-order valence-corrected chi connectivity index (χ4v) is 6.22. The monoisotopic (exact) mass is 489 g/mol. The van der Waals surface area contributed by atoms with Gasteiger partial charge >= 0.3 is 0 Å². The van der Waals surface area contributed by atoms with E-state index in [1.165, 1.54) is 3.97 Å². The molecule has 0 N–H and O–H groups in total. The highest BCUT2D eigenvalue weighted by Gasteiger charge is 2.26. The van der Waals surface area contributed by atoms with Crippen LogP contribution in [0.2, 0.25) is 0 Å². The molecule has 0 bridgehead atoms. The summed E-state index contributed by atoms with van der Waals surface area (Å²) in [7, 11) is 0.216. The van der Waals surface area contributed by atoms with Gasteiger partial charge in [-0.25, -0.2) is 17.1 Å². The Labute approximate surface area is 204 Å². The summed E-state index contributed by atoms with van der Waals surface area (Å²) in [5, 5.41) is 5.24. The lowest BCUT2D eigenvalue weighted by molar-refractivity contribution is 0.310. The molecule has 4 heterocycles. The van der Waals surface area contributed by atoms with Crippen molar-refractivity contribution in [3.63, 3.8) is 0 Å². The number of nitrogens with zero attached hydrogens (tertiary/aromatic N) is 5. The van der Waals surface area contributed by atoms with Crippen LogP contribution in [0.3, 0.4) is 0 Å². The predicted octanol–water partition coefficient (Wildman–Crippen LogP) is 3.61. The minimum atomic E-state index is -3.85. The summed E-state index contributed by atoms with van der Waals surface area (Å²) in [6, 6.07) is 12.8. The van der Waals surface area contributed by atoms with Crippen LogP contribution >= 0.6 is 0 Å². The van der Waals surface area contributed by atoms with E-state index in [9.17, 15) is 8.42 Å². The van der Waals surface area contributed by atoms with E-state index in [2.05, 4.69) is 28.0 Å². The van der Waals surface area contributed by atoms with Crippen molar-refractivity contribution in [2.45, 2.75) is 11.3 Å². The number of hydrogen-bond donors (Lipinski definition) is 0. The third kappa shape index (κ3) is 3.71. The third-order valence-corrected chi connectivity index (χ3v) is 8.53.